The number of fused-ring (bicyclic) bond motifs is 1. The molecule has 0 radical (unpaired) electrons. The van der Waals surface area contributed by atoms with Crippen molar-refractivity contribution in [1.82, 2.24) is 19.5 Å². The van der Waals surface area contributed by atoms with Crippen LogP contribution in [-0.2, 0) is 6.54 Å². The second kappa shape index (κ2) is 7.79. The van der Waals surface area contributed by atoms with Gasteiger partial charge in [-0.05, 0) is 12.1 Å². The van der Waals surface area contributed by atoms with E-state index in [1.165, 1.54) is 9.91 Å². The molecule has 2 aliphatic heterocycles. The second-order valence-electron chi connectivity index (χ2n) is 6.97. The van der Waals surface area contributed by atoms with Gasteiger partial charge in [-0.15, -0.1) is 0 Å². The van der Waals surface area contributed by atoms with Crippen LogP contribution in [0.1, 0.15) is 16.1 Å². The lowest BCUT2D eigenvalue weighted by Gasteiger charge is -2.14. The number of amides is 3. The molecule has 0 N–H and O–H groups in total. The summed E-state index contributed by atoms with van der Waals surface area (Å²) in [4.78, 5) is 31.4. The van der Waals surface area contributed by atoms with Gasteiger partial charge in [0.15, 0.2) is 5.16 Å². The van der Waals surface area contributed by atoms with Crippen molar-refractivity contribution in [2.45, 2.75) is 11.7 Å². The Morgan fingerprint density at radius 3 is 2.50 bits per heavy atom. The third-order valence-electron chi connectivity index (χ3n) is 5.14. The molecule has 30 heavy (non-hydrogen) atoms. The molecule has 1 fully saturated rings. The van der Waals surface area contributed by atoms with Crippen molar-refractivity contribution in [3.8, 4) is 11.3 Å². The number of thioether (sulfide) groups is 1. The van der Waals surface area contributed by atoms with Crippen LogP contribution < -0.4 is 0 Å². The van der Waals surface area contributed by atoms with Crippen molar-refractivity contribution in [3.63, 3.8) is 0 Å². The lowest BCUT2D eigenvalue weighted by Crippen LogP contribution is -2.34. The lowest BCUT2D eigenvalue weighted by atomic mass is 10.1. The van der Waals surface area contributed by atoms with E-state index in [4.69, 9.17) is 4.98 Å². The van der Waals surface area contributed by atoms with E-state index in [0.717, 1.165) is 34.4 Å². The molecule has 3 amide bonds. The Kier molecular flexibility index (Phi) is 4.84. The minimum Gasteiger partial charge on any atom is -0.317 e. The van der Waals surface area contributed by atoms with E-state index >= 15 is 0 Å². The molecule has 1 saturated heterocycles. The fraction of sp³-hybridized carbons (Fsp3) is 0.182. The van der Waals surface area contributed by atoms with Crippen LogP contribution in [0.3, 0.4) is 0 Å². The third-order valence-corrected chi connectivity index (χ3v) is 6.09. The van der Waals surface area contributed by atoms with Crippen molar-refractivity contribution < 1.29 is 9.59 Å². The summed E-state index contributed by atoms with van der Waals surface area (Å²) in [6.45, 7) is 1.54. The van der Waals surface area contributed by atoms with Crippen molar-refractivity contribution in [3.05, 3.63) is 71.9 Å². The molecule has 2 aliphatic rings. The Morgan fingerprint density at radius 2 is 1.73 bits per heavy atom. The van der Waals surface area contributed by atoms with Gasteiger partial charge in [0.1, 0.15) is 0 Å². The molecule has 1 aromatic heterocycles. The van der Waals surface area contributed by atoms with E-state index in [9.17, 15) is 9.59 Å². The fourth-order valence-electron chi connectivity index (χ4n) is 3.62. The number of nitrogens with zero attached hydrogens (tertiary/aromatic N) is 5. The first-order valence-corrected chi connectivity index (χ1v) is 10.7. The molecule has 5 rings (SSSR count). The number of imidazole rings is 1. The topological polar surface area (TPSA) is 70.8 Å². The van der Waals surface area contributed by atoms with Crippen LogP contribution in [0.25, 0.3) is 11.3 Å². The number of urea groups is 1. The van der Waals surface area contributed by atoms with Gasteiger partial charge in [0.05, 0.1) is 30.7 Å². The average Bonchev–Trinajstić information content (AvgIpc) is 3.48. The highest BCUT2D eigenvalue weighted by molar-refractivity contribution is 7.99. The SMILES string of the molecule is O=C(c1ccccc1)N1CCN(/N=C/c2c(-c3ccccc3)nc3n2CCS3)C1=O. The number of imide groups is 1. The van der Waals surface area contributed by atoms with E-state index in [2.05, 4.69) is 9.67 Å². The molecule has 0 aliphatic carbocycles. The van der Waals surface area contributed by atoms with Gasteiger partial charge in [0.25, 0.3) is 5.91 Å². The second-order valence-corrected chi connectivity index (χ2v) is 8.03. The maximum atomic E-state index is 12.8. The zero-order valence-electron chi connectivity index (χ0n) is 16.1. The lowest BCUT2D eigenvalue weighted by molar-refractivity contribution is 0.0822. The molecule has 0 unspecified atom stereocenters. The summed E-state index contributed by atoms with van der Waals surface area (Å²) in [6, 6.07) is 18.4. The monoisotopic (exact) mass is 417 g/mol. The molecule has 0 saturated carbocycles. The molecular formula is C22H19N5O2S. The van der Waals surface area contributed by atoms with Gasteiger partial charge in [0.2, 0.25) is 0 Å². The highest BCUT2D eigenvalue weighted by Crippen LogP contribution is 2.32. The van der Waals surface area contributed by atoms with Gasteiger partial charge < -0.3 is 4.57 Å². The van der Waals surface area contributed by atoms with Crippen LogP contribution in [0.4, 0.5) is 4.79 Å². The van der Waals surface area contributed by atoms with Crippen LogP contribution in [0.5, 0.6) is 0 Å². The Balaban J connectivity index is 1.40. The van der Waals surface area contributed by atoms with E-state index in [1.807, 2.05) is 36.4 Å². The largest absolute Gasteiger partial charge is 0.347 e. The van der Waals surface area contributed by atoms with Crippen LogP contribution in [0, 0.1) is 0 Å². The maximum Gasteiger partial charge on any atom is 0.347 e. The van der Waals surface area contributed by atoms with Gasteiger partial charge in [-0.2, -0.15) is 5.10 Å². The number of carbonyl (C=O) groups excluding carboxylic acids is 2. The fourth-order valence-corrected chi connectivity index (χ4v) is 4.58. The van der Waals surface area contributed by atoms with Gasteiger partial charge in [-0.25, -0.2) is 14.8 Å². The molecule has 7 nitrogen and oxygen atoms in total. The quantitative estimate of drug-likeness (QED) is 0.609. The number of carbonyl (C=O) groups is 2. The first-order chi connectivity index (χ1) is 14.7. The van der Waals surface area contributed by atoms with Gasteiger partial charge in [-0.3, -0.25) is 9.69 Å². The zero-order chi connectivity index (χ0) is 20.5. The maximum absolute atomic E-state index is 12.8. The predicted molar refractivity (Wildman–Crippen MR) is 116 cm³/mol. The molecular weight excluding hydrogens is 398 g/mol. The van der Waals surface area contributed by atoms with Crippen LogP contribution in [0.15, 0.2) is 70.9 Å². The highest BCUT2D eigenvalue weighted by atomic mass is 32.2. The summed E-state index contributed by atoms with van der Waals surface area (Å²) < 4.78 is 2.13. The number of benzene rings is 2. The summed E-state index contributed by atoms with van der Waals surface area (Å²) >= 11 is 1.71. The van der Waals surface area contributed by atoms with E-state index in [0.29, 0.717) is 18.7 Å². The van der Waals surface area contributed by atoms with E-state index < -0.39 is 6.03 Å². The smallest absolute Gasteiger partial charge is 0.317 e. The normalized spacial score (nSPS) is 15.9. The first-order valence-electron chi connectivity index (χ1n) is 9.73. The Bertz CT molecular complexity index is 1130. The van der Waals surface area contributed by atoms with Crippen LogP contribution >= 0.6 is 11.8 Å². The summed E-state index contributed by atoms with van der Waals surface area (Å²) in [5.74, 6) is 0.671. The highest BCUT2D eigenvalue weighted by Gasteiger charge is 2.33. The molecule has 3 heterocycles. The van der Waals surface area contributed by atoms with Crippen molar-refractivity contribution >= 4 is 29.9 Å². The van der Waals surface area contributed by atoms with Crippen molar-refractivity contribution in [1.29, 1.82) is 0 Å². The summed E-state index contributed by atoms with van der Waals surface area (Å²) in [5, 5.41) is 6.74. The van der Waals surface area contributed by atoms with Crippen molar-refractivity contribution in [2.75, 3.05) is 18.8 Å². The molecule has 0 bridgehead atoms. The van der Waals surface area contributed by atoms with Gasteiger partial charge >= 0.3 is 6.03 Å². The third kappa shape index (κ3) is 3.29. The number of hydrogen-bond donors (Lipinski definition) is 0. The first kappa shape index (κ1) is 18.6. The summed E-state index contributed by atoms with van der Waals surface area (Å²) in [7, 11) is 0. The van der Waals surface area contributed by atoms with Gasteiger partial charge in [0, 0.05) is 23.4 Å². The Hall–Kier alpha value is -3.39. The van der Waals surface area contributed by atoms with Crippen molar-refractivity contribution in [2.24, 2.45) is 5.10 Å². The minimum absolute atomic E-state index is 0.301. The van der Waals surface area contributed by atoms with E-state index in [1.54, 1.807) is 42.2 Å². The molecule has 8 heteroatoms. The predicted octanol–water partition coefficient (Wildman–Crippen LogP) is 3.57. The van der Waals surface area contributed by atoms with Crippen LogP contribution in [-0.4, -0.2) is 56.5 Å². The number of aromatic nitrogens is 2. The zero-order valence-corrected chi connectivity index (χ0v) is 17.0. The molecule has 3 aromatic rings. The summed E-state index contributed by atoms with van der Waals surface area (Å²) in [5.41, 5.74) is 3.23. The number of hydrazone groups is 1. The summed E-state index contributed by atoms with van der Waals surface area (Å²) in [6.07, 6.45) is 1.69. The number of rotatable bonds is 4. The Labute approximate surface area is 178 Å². The minimum atomic E-state index is -0.406. The molecule has 0 atom stereocenters. The number of hydrogen-bond acceptors (Lipinski definition) is 5. The molecule has 0 spiro atoms. The van der Waals surface area contributed by atoms with E-state index in [-0.39, 0.29) is 5.91 Å². The molecule has 150 valence electrons. The van der Waals surface area contributed by atoms with Crippen LogP contribution in [0.2, 0.25) is 0 Å². The standard InChI is InChI=1S/C22H19N5O2S/c28-20(17-9-5-2-6-10-17)26-11-12-27(22(26)29)23-15-18-19(16-7-3-1-4-8-16)24-21-25(18)13-14-30-21/h1-10,15H,11-14H2/b23-15+. The average molecular weight is 417 g/mol. The Morgan fingerprint density at radius 1 is 1.00 bits per heavy atom. The van der Waals surface area contributed by atoms with Gasteiger partial charge in [-0.1, -0.05) is 60.3 Å². The molecule has 2 aromatic carbocycles.